The molecule has 1 aliphatic heterocycles. The van der Waals surface area contributed by atoms with Crippen molar-refractivity contribution in [1.82, 2.24) is 30.1 Å². The van der Waals surface area contributed by atoms with Gasteiger partial charge in [0.05, 0.1) is 12.2 Å². The number of likely N-dealkylation sites (N-methyl/N-ethyl adjacent to an activating group) is 1. The molecule has 1 saturated heterocycles. The Balaban J connectivity index is 1.83. The van der Waals surface area contributed by atoms with E-state index in [2.05, 4.69) is 39.4 Å². The highest BCUT2D eigenvalue weighted by Crippen LogP contribution is 2.08. The second-order valence-electron chi connectivity index (χ2n) is 5.50. The van der Waals surface area contributed by atoms with Crippen LogP contribution in [0.3, 0.4) is 0 Å². The van der Waals surface area contributed by atoms with Crippen LogP contribution in [0.5, 0.6) is 0 Å². The Hall–Kier alpha value is -0.980. The van der Waals surface area contributed by atoms with Crippen LogP contribution in [-0.2, 0) is 13.1 Å². The van der Waals surface area contributed by atoms with Crippen LogP contribution in [0, 0.1) is 0 Å². The molecule has 6 nitrogen and oxygen atoms in total. The third-order valence-electron chi connectivity index (χ3n) is 3.74. The lowest BCUT2D eigenvalue weighted by Gasteiger charge is -2.27. The van der Waals surface area contributed by atoms with Gasteiger partial charge < -0.3 is 10.2 Å². The van der Waals surface area contributed by atoms with Crippen molar-refractivity contribution >= 4 is 0 Å². The number of rotatable bonds is 5. The zero-order chi connectivity index (χ0) is 13.7. The summed E-state index contributed by atoms with van der Waals surface area (Å²) < 4.78 is 1.95. The third kappa shape index (κ3) is 4.26. The predicted octanol–water partition coefficient (Wildman–Crippen LogP) is 0.0235. The molecular weight excluding hydrogens is 240 g/mol. The lowest BCUT2D eigenvalue weighted by atomic mass is 10.2. The minimum atomic E-state index is 0.618. The average Bonchev–Trinajstić information content (AvgIpc) is 2.74. The molecule has 1 aromatic heterocycles. The minimum Gasteiger partial charge on any atom is -0.314 e. The molecule has 1 unspecified atom stereocenters. The number of nitrogens with one attached hydrogen (secondary N) is 1. The van der Waals surface area contributed by atoms with Crippen LogP contribution in [0.1, 0.15) is 19.0 Å². The first-order valence-corrected chi connectivity index (χ1v) is 7.15. The first kappa shape index (κ1) is 14.4. The summed E-state index contributed by atoms with van der Waals surface area (Å²) in [6, 6.07) is 0.618. The smallest absolute Gasteiger partial charge is 0.0964 e. The van der Waals surface area contributed by atoms with Gasteiger partial charge in [-0.05, 0) is 40.5 Å². The van der Waals surface area contributed by atoms with Gasteiger partial charge in [0, 0.05) is 31.9 Å². The number of nitrogens with zero attached hydrogens (tertiary/aromatic N) is 5. The summed E-state index contributed by atoms with van der Waals surface area (Å²) in [4.78, 5) is 4.98. The monoisotopic (exact) mass is 266 g/mol. The molecule has 0 bridgehead atoms. The molecule has 1 atom stereocenters. The van der Waals surface area contributed by atoms with Gasteiger partial charge in [-0.25, -0.2) is 0 Å². The zero-order valence-electron chi connectivity index (χ0n) is 12.3. The maximum Gasteiger partial charge on any atom is 0.0964 e. The highest BCUT2D eigenvalue weighted by atomic mass is 15.4. The summed E-state index contributed by atoms with van der Waals surface area (Å²) in [6.45, 7) is 8.62. The van der Waals surface area contributed by atoms with E-state index < -0.39 is 0 Å². The summed E-state index contributed by atoms with van der Waals surface area (Å²) in [6.07, 6.45) is 3.29. The van der Waals surface area contributed by atoms with Crippen molar-refractivity contribution in [2.24, 2.45) is 0 Å². The number of hydrogen-bond acceptors (Lipinski definition) is 5. The van der Waals surface area contributed by atoms with Crippen LogP contribution in [-0.4, -0.2) is 71.1 Å². The van der Waals surface area contributed by atoms with E-state index in [0.29, 0.717) is 6.04 Å². The molecule has 2 rings (SSSR count). The van der Waals surface area contributed by atoms with E-state index >= 15 is 0 Å². The Morgan fingerprint density at radius 3 is 3.00 bits per heavy atom. The van der Waals surface area contributed by atoms with Crippen LogP contribution >= 0.6 is 0 Å². The Kier molecular flexibility index (Phi) is 5.30. The summed E-state index contributed by atoms with van der Waals surface area (Å²) in [5, 5.41) is 11.4. The van der Waals surface area contributed by atoms with Crippen molar-refractivity contribution in [2.75, 3.05) is 40.3 Å². The van der Waals surface area contributed by atoms with E-state index in [9.17, 15) is 0 Å². The van der Waals surface area contributed by atoms with Gasteiger partial charge in [-0.2, -0.15) is 0 Å². The maximum absolute atomic E-state index is 4.17. The van der Waals surface area contributed by atoms with E-state index in [0.717, 1.165) is 31.9 Å². The molecule has 0 aliphatic carbocycles. The van der Waals surface area contributed by atoms with Crippen LogP contribution in [0.2, 0.25) is 0 Å². The predicted molar refractivity (Wildman–Crippen MR) is 75.9 cm³/mol. The summed E-state index contributed by atoms with van der Waals surface area (Å²) in [5.41, 5.74) is 1.01. The molecule has 1 aliphatic rings. The van der Waals surface area contributed by atoms with Crippen LogP contribution < -0.4 is 5.32 Å². The van der Waals surface area contributed by atoms with Crippen LogP contribution in [0.15, 0.2) is 6.20 Å². The van der Waals surface area contributed by atoms with E-state index in [4.69, 9.17) is 0 Å². The molecule has 0 radical (unpaired) electrons. The van der Waals surface area contributed by atoms with Crippen molar-refractivity contribution in [2.45, 2.75) is 32.5 Å². The zero-order valence-corrected chi connectivity index (χ0v) is 12.3. The Bertz CT molecular complexity index is 377. The second kappa shape index (κ2) is 6.98. The second-order valence-corrected chi connectivity index (χ2v) is 5.50. The van der Waals surface area contributed by atoms with Gasteiger partial charge in [-0.15, -0.1) is 5.10 Å². The highest BCUT2D eigenvalue weighted by molar-refractivity contribution is 4.91. The van der Waals surface area contributed by atoms with Gasteiger partial charge in [0.15, 0.2) is 0 Å². The lowest BCUT2D eigenvalue weighted by Crippen LogP contribution is -2.39. The van der Waals surface area contributed by atoms with Crippen LogP contribution in [0.25, 0.3) is 0 Å². The van der Waals surface area contributed by atoms with E-state index in [1.54, 1.807) is 0 Å². The summed E-state index contributed by atoms with van der Waals surface area (Å²) in [7, 11) is 4.13. The van der Waals surface area contributed by atoms with Crippen molar-refractivity contribution in [1.29, 1.82) is 0 Å². The van der Waals surface area contributed by atoms with Gasteiger partial charge in [-0.1, -0.05) is 5.21 Å². The first-order chi connectivity index (χ1) is 9.19. The SMILES string of the molecule is CNCc1cn(CCN2CCCN(C)CC2C)nn1. The summed E-state index contributed by atoms with van der Waals surface area (Å²) in [5.74, 6) is 0. The molecular formula is C13H26N6. The quantitative estimate of drug-likeness (QED) is 0.814. The first-order valence-electron chi connectivity index (χ1n) is 7.15. The van der Waals surface area contributed by atoms with Crippen LogP contribution in [0.4, 0.5) is 0 Å². The van der Waals surface area contributed by atoms with Crippen molar-refractivity contribution in [3.8, 4) is 0 Å². The standard InChI is InChI=1S/C13H26N6/c1-12-10-17(3)5-4-6-18(12)7-8-19-11-13(9-14-2)15-16-19/h11-12,14H,4-10H2,1-3H3. The molecule has 0 aromatic carbocycles. The average molecular weight is 266 g/mol. The molecule has 0 amide bonds. The number of aromatic nitrogens is 3. The Labute approximate surface area is 115 Å². The van der Waals surface area contributed by atoms with Crippen molar-refractivity contribution < 1.29 is 0 Å². The topological polar surface area (TPSA) is 49.2 Å². The Morgan fingerprint density at radius 2 is 2.21 bits per heavy atom. The normalized spacial score (nSPS) is 22.6. The fourth-order valence-corrected chi connectivity index (χ4v) is 2.69. The fourth-order valence-electron chi connectivity index (χ4n) is 2.69. The number of hydrogen-bond donors (Lipinski definition) is 1. The fraction of sp³-hybridized carbons (Fsp3) is 0.846. The minimum absolute atomic E-state index is 0.618. The molecule has 1 fully saturated rings. The van der Waals surface area contributed by atoms with Crippen molar-refractivity contribution in [3.63, 3.8) is 0 Å². The molecule has 1 N–H and O–H groups in total. The molecule has 2 heterocycles. The largest absolute Gasteiger partial charge is 0.314 e. The molecule has 1 aromatic rings. The highest BCUT2D eigenvalue weighted by Gasteiger charge is 2.19. The van der Waals surface area contributed by atoms with E-state index in [1.807, 2.05) is 17.9 Å². The van der Waals surface area contributed by atoms with Crippen molar-refractivity contribution in [3.05, 3.63) is 11.9 Å². The lowest BCUT2D eigenvalue weighted by molar-refractivity contribution is 0.193. The van der Waals surface area contributed by atoms with Gasteiger partial charge >= 0.3 is 0 Å². The molecule has 0 spiro atoms. The van der Waals surface area contributed by atoms with Gasteiger partial charge in [-0.3, -0.25) is 9.58 Å². The Morgan fingerprint density at radius 1 is 1.37 bits per heavy atom. The van der Waals surface area contributed by atoms with E-state index in [1.165, 1.54) is 19.5 Å². The van der Waals surface area contributed by atoms with Gasteiger partial charge in [0.25, 0.3) is 0 Å². The van der Waals surface area contributed by atoms with Gasteiger partial charge in [0.2, 0.25) is 0 Å². The maximum atomic E-state index is 4.17. The third-order valence-corrected chi connectivity index (χ3v) is 3.74. The van der Waals surface area contributed by atoms with Gasteiger partial charge in [0.1, 0.15) is 0 Å². The molecule has 0 saturated carbocycles. The summed E-state index contributed by atoms with van der Waals surface area (Å²) >= 11 is 0. The molecule has 6 heteroatoms. The molecule has 108 valence electrons. The molecule has 19 heavy (non-hydrogen) atoms. The van der Waals surface area contributed by atoms with E-state index in [-0.39, 0.29) is 0 Å².